The smallest absolute Gasteiger partial charge is 0.416 e. The van der Waals surface area contributed by atoms with E-state index in [0.29, 0.717) is 18.4 Å². The van der Waals surface area contributed by atoms with Crippen molar-refractivity contribution in [2.45, 2.75) is 62.4 Å². The SMILES string of the molecule is CN(C)S(=O)(=O)c1ccc(N(Cc2ccc(C(F)(F)F)cc2)C(=O)OC(C)(C)C)c(-c2cn(C3(C#N)CC3)nn2)c1. The molecule has 2 aromatic carbocycles. The molecule has 1 aliphatic rings. The van der Waals surface area contributed by atoms with Gasteiger partial charge in [0.05, 0.1) is 35.0 Å². The Balaban J connectivity index is 1.87. The lowest BCUT2D eigenvalue weighted by molar-refractivity contribution is -0.137. The molecule has 0 N–H and O–H groups in total. The van der Waals surface area contributed by atoms with E-state index >= 15 is 0 Å². The van der Waals surface area contributed by atoms with E-state index in [1.165, 1.54) is 60.2 Å². The molecule has 0 saturated heterocycles. The number of aromatic nitrogens is 3. The second-order valence-electron chi connectivity index (χ2n) is 10.9. The zero-order chi connectivity index (χ0) is 30.4. The Labute approximate surface area is 236 Å². The highest BCUT2D eigenvalue weighted by molar-refractivity contribution is 7.89. The van der Waals surface area contributed by atoms with Crippen molar-refractivity contribution < 1.29 is 31.1 Å². The van der Waals surface area contributed by atoms with Gasteiger partial charge in [0.2, 0.25) is 10.0 Å². The zero-order valence-electron chi connectivity index (χ0n) is 23.1. The van der Waals surface area contributed by atoms with Crippen LogP contribution in [0.15, 0.2) is 53.6 Å². The molecular weight excluding hydrogens is 561 g/mol. The number of nitrogens with zero attached hydrogens (tertiary/aromatic N) is 6. The van der Waals surface area contributed by atoms with Crippen LogP contribution in [0, 0.1) is 11.3 Å². The summed E-state index contributed by atoms with van der Waals surface area (Å²) in [7, 11) is -1.15. The molecule has 1 aromatic heterocycles. The van der Waals surface area contributed by atoms with Gasteiger partial charge in [-0.25, -0.2) is 22.2 Å². The maximum Gasteiger partial charge on any atom is 0.416 e. The summed E-state index contributed by atoms with van der Waals surface area (Å²) in [6, 6.07) is 10.6. The molecule has 218 valence electrons. The first-order chi connectivity index (χ1) is 19.0. The number of benzene rings is 2. The lowest BCUT2D eigenvalue weighted by Gasteiger charge is -2.29. The highest BCUT2D eigenvalue weighted by Gasteiger charge is 2.46. The van der Waals surface area contributed by atoms with Gasteiger partial charge in [-0.3, -0.25) is 4.90 Å². The Hall–Kier alpha value is -3.96. The summed E-state index contributed by atoms with van der Waals surface area (Å²) < 4.78 is 73.4. The molecule has 41 heavy (non-hydrogen) atoms. The number of carbonyl (C=O) groups excluding carboxylic acids is 1. The van der Waals surface area contributed by atoms with Crippen molar-refractivity contribution in [3.63, 3.8) is 0 Å². The van der Waals surface area contributed by atoms with E-state index in [1.54, 1.807) is 20.8 Å². The first-order valence-corrected chi connectivity index (χ1v) is 14.0. The van der Waals surface area contributed by atoms with Gasteiger partial charge in [0.1, 0.15) is 11.3 Å². The maximum absolute atomic E-state index is 13.5. The average Bonchev–Trinajstić information content (AvgIpc) is 3.53. The van der Waals surface area contributed by atoms with E-state index in [-0.39, 0.29) is 28.4 Å². The second kappa shape index (κ2) is 10.5. The average molecular weight is 591 g/mol. The Bertz CT molecular complexity index is 1600. The molecule has 1 saturated carbocycles. The number of halogens is 3. The van der Waals surface area contributed by atoms with Gasteiger partial charge in [0.15, 0.2) is 5.54 Å². The third-order valence-corrected chi connectivity index (χ3v) is 8.22. The number of nitriles is 1. The third-order valence-electron chi connectivity index (χ3n) is 6.41. The molecule has 14 heteroatoms. The minimum atomic E-state index is -4.53. The summed E-state index contributed by atoms with van der Waals surface area (Å²) in [4.78, 5) is 14.6. The van der Waals surface area contributed by atoms with E-state index < -0.39 is 39.0 Å². The number of hydrogen-bond acceptors (Lipinski definition) is 7. The number of rotatable bonds is 7. The van der Waals surface area contributed by atoms with Crippen molar-refractivity contribution in [2.24, 2.45) is 0 Å². The van der Waals surface area contributed by atoms with Crippen molar-refractivity contribution in [2.75, 3.05) is 19.0 Å². The Morgan fingerprint density at radius 1 is 1.12 bits per heavy atom. The molecule has 0 atom stereocenters. The molecule has 1 fully saturated rings. The fraction of sp³-hybridized carbons (Fsp3) is 0.407. The van der Waals surface area contributed by atoms with E-state index in [4.69, 9.17) is 4.74 Å². The highest BCUT2D eigenvalue weighted by Crippen LogP contribution is 2.43. The first kappa shape index (κ1) is 30.0. The van der Waals surface area contributed by atoms with Crippen LogP contribution in [-0.4, -0.2) is 53.5 Å². The quantitative estimate of drug-likeness (QED) is 0.372. The van der Waals surface area contributed by atoms with E-state index in [0.717, 1.165) is 16.4 Å². The minimum absolute atomic E-state index is 0.0871. The first-order valence-electron chi connectivity index (χ1n) is 12.5. The summed E-state index contributed by atoms with van der Waals surface area (Å²) in [6.07, 6.45) is -2.69. The Morgan fingerprint density at radius 3 is 2.27 bits per heavy atom. The predicted molar refractivity (Wildman–Crippen MR) is 143 cm³/mol. The van der Waals surface area contributed by atoms with Crippen LogP contribution in [-0.2, 0) is 33.0 Å². The number of anilines is 1. The van der Waals surface area contributed by atoms with Crippen LogP contribution < -0.4 is 4.90 Å². The van der Waals surface area contributed by atoms with Gasteiger partial charge in [-0.05, 0) is 69.5 Å². The molecule has 1 amide bonds. The molecule has 1 heterocycles. The van der Waals surface area contributed by atoms with Crippen molar-refractivity contribution in [1.29, 1.82) is 5.26 Å². The number of hydrogen-bond donors (Lipinski definition) is 0. The standard InChI is InChI=1S/C27H29F3N6O4S/c1-25(2,3)40-24(37)35(15-18-6-8-19(9-7-18)27(28,29)30)23-11-10-20(41(38,39)34(4)5)14-21(23)22-16-36(33-32-22)26(17-31)12-13-26/h6-11,14,16H,12-13,15H2,1-5H3. The lowest BCUT2D eigenvalue weighted by atomic mass is 10.1. The van der Waals surface area contributed by atoms with Crippen LogP contribution in [0.3, 0.4) is 0 Å². The fourth-order valence-corrected chi connectivity index (χ4v) is 4.91. The number of ether oxygens (including phenoxy) is 1. The van der Waals surface area contributed by atoms with Crippen LogP contribution in [0.1, 0.15) is 44.7 Å². The third kappa shape index (κ3) is 6.36. The molecule has 0 bridgehead atoms. The molecule has 3 aromatic rings. The van der Waals surface area contributed by atoms with Crippen LogP contribution in [0.25, 0.3) is 11.3 Å². The van der Waals surface area contributed by atoms with Crippen LogP contribution in [0.4, 0.5) is 23.7 Å². The van der Waals surface area contributed by atoms with E-state index in [2.05, 4.69) is 16.4 Å². The molecular formula is C27H29F3N6O4S. The van der Waals surface area contributed by atoms with Gasteiger partial charge < -0.3 is 4.74 Å². The van der Waals surface area contributed by atoms with Gasteiger partial charge in [0, 0.05) is 19.7 Å². The molecule has 4 rings (SSSR count). The summed E-state index contributed by atoms with van der Waals surface area (Å²) in [5.74, 6) is 0. The van der Waals surface area contributed by atoms with Gasteiger partial charge in [0.25, 0.3) is 0 Å². The molecule has 0 spiro atoms. The second-order valence-corrected chi connectivity index (χ2v) is 13.1. The van der Waals surface area contributed by atoms with Gasteiger partial charge in [-0.1, -0.05) is 17.3 Å². The molecule has 0 aliphatic heterocycles. The van der Waals surface area contributed by atoms with E-state index in [9.17, 15) is 31.6 Å². The maximum atomic E-state index is 13.5. The van der Waals surface area contributed by atoms with Crippen molar-refractivity contribution in [3.05, 3.63) is 59.8 Å². The zero-order valence-corrected chi connectivity index (χ0v) is 23.9. The van der Waals surface area contributed by atoms with Crippen molar-refractivity contribution in [1.82, 2.24) is 19.3 Å². The number of carbonyl (C=O) groups is 1. The molecule has 10 nitrogen and oxygen atoms in total. The summed E-state index contributed by atoms with van der Waals surface area (Å²) >= 11 is 0. The summed E-state index contributed by atoms with van der Waals surface area (Å²) in [5.41, 5.74) is -1.66. The van der Waals surface area contributed by atoms with Gasteiger partial charge >= 0.3 is 12.3 Å². The summed E-state index contributed by atoms with van der Waals surface area (Å²) in [6.45, 7) is 4.79. The number of amides is 1. The fourth-order valence-electron chi connectivity index (χ4n) is 3.98. The Morgan fingerprint density at radius 2 is 1.76 bits per heavy atom. The van der Waals surface area contributed by atoms with Crippen LogP contribution >= 0.6 is 0 Å². The van der Waals surface area contributed by atoms with Crippen molar-refractivity contribution in [3.8, 4) is 17.3 Å². The molecule has 0 unspecified atom stereocenters. The van der Waals surface area contributed by atoms with Gasteiger partial charge in [-0.15, -0.1) is 5.10 Å². The van der Waals surface area contributed by atoms with Gasteiger partial charge in [-0.2, -0.15) is 18.4 Å². The largest absolute Gasteiger partial charge is 0.443 e. The summed E-state index contributed by atoms with van der Waals surface area (Å²) in [5, 5.41) is 17.9. The van der Waals surface area contributed by atoms with Crippen LogP contribution in [0.5, 0.6) is 0 Å². The normalized spacial score (nSPS) is 14.9. The van der Waals surface area contributed by atoms with Crippen molar-refractivity contribution >= 4 is 21.8 Å². The van der Waals surface area contributed by atoms with Crippen LogP contribution in [0.2, 0.25) is 0 Å². The van der Waals surface area contributed by atoms with E-state index in [1.807, 2.05) is 0 Å². The monoisotopic (exact) mass is 590 g/mol. The highest BCUT2D eigenvalue weighted by atomic mass is 32.2. The number of sulfonamides is 1. The lowest BCUT2D eigenvalue weighted by Crippen LogP contribution is -2.37. The predicted octanol–water partition coefficient (Wildman–Crippen LogP) is 5.17. The number of alkyl halides is 3. The Kier molecular flexibility index (Phi) is 7.66. The molecule has 1 aliphatic carbocycles. The topological polar surface area (TPSA) is 121 Å². The molecule has 0 radical (unpaired) electrons. The minimum Gasteiger partial charge on any atom is -0.443 e.